The van der Waals surface area contributed by atoms with Gasteiger partial charge < -0.3 is 5.11 Å². The van der Waals surface area contributed by atoms with Crippen molar-refractivity contribution < 1.29 is 9.50 Å². The van der Waals surface area contributed by atoms with Gasteiger partial charge in [0.05, 0.1) is 11.3 Å². The van der Waals surface area contributed by atoms with Gasteiger partial charge in [-0.15, -0.1) is 0 Å². The summed E-state index contributed by atoms with van der Waals surface area (Å²) in [6.07, 6.45) is 5.16. The highest BCUT2D eigenvalue weighted by molar-refractivity contribution is 5.27. The minimum Gasteiger partial charge on any atom is -0.384 e. The van der Waals surface area contributed by atoms with Gasteiger partial charge >= 0.3 is 0 Å². The van der Waals surface area contributed by atoms with Gasteiger partial charge in [-0.1, -0.05) is 32.9 Å². The van der Waals surface area contributed by atoms with E-state index < -0.39 is 11.0 Å². The minimum absolute atomic E-state index is 0.315. The van der Waals surface area contributed by atoms with Crippen LogP contribution in [0.15, 0.2) is 42.9 Å². The van der Waals surface area contributed by atoms with Gasteiger partial charge in [-0.25, -0.2) is 4.39 Å². The molecular formula is C16H19FN2O. The Kier molecular flexibility index (Phi) is 3.86. The molecule has 3 nitrogen and oxygen atoms in total. The highest BCUT2D eigenvalue weighted by Crippen LogP contribution is 2.41. The highest BCUT2D eigenvalue weighted by Gasteiger charge is 2.42. The van der Waals surface area contributed by atoms with Crippen LogP contribution in [0.3, 0.4) is 0 Å². The van der Waals surface area contributed by atoms with Crippen LogP contribution in [0.5, 0.6) is 0 Å². The lowest BCUT2D eigenvalue weighted by molar-refractivity contribution is -0.0647. The predicted molar refractivity (Wildman–Crippen MR) is 75.5 cm³/mol. The van der Waals surface area contributed by atoms with Crippen LogP contribution in [0.1, 0.15) is 32.0 Å². The Balaban J connectivity index is 2.43. The smallest absolute Gasteiger partial charge is 0.123 e. The van der Waals surface area contributed by atoms with Gasteiger partial charge in [0.25, 0.3) is 0 Å². The van der Waals surface area contributed by atoms with E-state index in [0.717, 1.165) is 0 Å². The van der Waals surface area contributed by atoms with Gasteiger partial charge in [0, 0.05) is 25.0 Å². The molecule has 0 bridgehead atoms. The molecule has 1 aromatic carbocycles. The van der Waals surface area contributed by atoms with Crippen molar-refractivity contribution in [3.05, 3.63) is 59.9 Å². The second-order valence-corrected chi connectivity index (χ2v) is 5.99. The molecule has 0 saturated heterocycles. The molecule has 0 spiro atoms. The summed E-state index contributed by atoms with van der Waals surface area (Å²) in [5.74, 6) is -0.315. The van der Waals surface area contributed by atoms with Crippen LogP contribution >= 0.6 is 0 Å². The summed E-state index contributed by atoms with van der Waals surface area (Å²) >= 11 is 0. The molecule has 0 aliphatic heterocycles. The molecule has 0 aliphatic rings. The molecule has 0 radical (unpaired) electrons. The SMILES string of the molecule is CC(C)(C)C(O)(Cc1cnccn1)c1ccc(F)cc1. The molecule has 4 heteroatoms. The largest absolute Gasteiger partial charge is 0.384 e. The van der Waals surface area contributed by atoms with Crippen LogP contribution in [0.4, 0.5) is 4.39 Å². The summed E-state index contributed by atoms with van der Waals surface area (Å²) in [5.41, 5.74) is -0.190. The number of aliphatic hydroxyl groups is 1. The number of hydrogen-bond donors (Lipinski definition) is 1. The maximum absolute atomic E-state index is 13.1. The van der Waals surface area contributed by atoms with Crippen LogP contribution in [0.2, 0.25) is 0 Å². The van der Waals surface area contributed by atoms with Crippen molar-refractivity contribution in [1.82, 2.24) is 9.97 Å². The molecule has 1 aromatic heterocycles. The van der Waals surface area contributed by atoms with Crippen molar-refractivity contribution in [2.75, 3.05) is 0 Å². The number of hydrogen-bond acceptors (Lipinski definition) is 3. The number of halogens is 1. The van der Waals surface area contributed by atoms with E-state index >= 15 is 0 Å². The third kappa shape index (κ3) is 2.85. The Bertz CT molecular complexity index is 563. The number of nitrogens with zero attached hydrogens (tertiary/aromatic N) is 2. The van der Waals surface area contributed by atoms with E-state index in [1.54, 1.807) is 30.7 Å². The Morgan fingerprint density at radius 2 is 1.75 bits per heavy atom. The third-order valence-electron chi connectivity index (χ3n) is 3.62. The van der Waals surface area contributed by atoms with E-state index in [4.69, 9.17) is 0 Å². The van der Waals surface area contributed by atoms with Crippen molar-refractivity contribution >= 4 is 0 Å². The van der Waals surface area contributed by atoms with E-state index in [9.17, 15) is 9.50 Å². The second kappa shape index (κ2) is 5.29. The van der Waals surface area contributed by atoms with Crippen LogP contribution in [0, 0.1) is 11.2 Å². The van der Waals surface area contributed by atoms with E-state index in [2.05, 4.69) is 9.97 Å². The zero-order valence-corrected chi connectivity index (χ0v) is 12.0. The number of rotatable bonds is 3. The molecule has 1 atom stereocenters. The molecule has 1 unspecified atom stereocenters. The molecule has 20 heavy (non-hydrogen) atoms. The first kappa shape index (κ1) is 14.6. The lowest BCUT2D eigenvalue weighted by atomic mass is 9.70. The van der Waals surface area contributed by atoms with Crippen molar-refractivity contribution in [1.29, 1.82) is 0 Å². The lowest BCUT2D eigenvalue weighted by Crippen LogP contribution is -2.42. The number of aromatic nitrogens is 2. The van der Waals surface area contributed by atoms with Crippen LogP contribution < -0.4 is 0 Å². The highest BCUT2D eigenvalue weighted by atomic mass is 19.1. The molecule has 1 heterocycles. The Morgan fingerprint density at radius 3 is 2.25 bits per heavy atom. The topological polar surface area (TPSA) is 46.0 Å². The van der Waals surface area contributed by atoms with E-state index in [0.29, 0.717) is 17.7 Å². The van der Waals surface area contributed by atoms with E-state index in [-0.39, 0.29) is 5.82 Å². The molecule has 2 rings (SSSR count). The van der Waals surface area contributed by atoms with E-state index in [1.807, 2.05) is 20.8 Å². The fraction of sp³-hybridized carbons (Fsp3) is 0.375. The van der Waals surface area contributed by atoms with Crippen LogP contribution in [-0.4, -0.2) is 15.1 Å². The predicted octanol–water partition coefficient (Wildman–Crippen LogP) is 3.09. The number of benzene rings is 1. The van der Waals surface area contributed by atoms with Gasteiger partial charge in [-0.2, -0.15) is 0 Å². The second-order valence-electron chi connectivity index (χ2n) is 5.99. The normalized spacial score (nSPS) is 14.8. The standard InChI is InChI=1S/C16H19FN2O/c1-15(2,3)16(20,10-14-11-18-8-9-19-14)12-4-6-13(17)7-5-12/h4-9,11,20H,10H2,1-3H3. The molecule has 0 saturated carbocycles. The first-order valence-electron chi connectivity index (χ1n) is 6.56. The van der Waals surface area contributed by atoms with Crippen LogP contribution in [0.25, 0.3) is 0 Å². The first-order chi connectivity index (χ1) is 9.33. The van der Waals surface area contributed by atoms with Gasteiger partial charge in [0.15, 0.2) is 0 Å². The molecule has 1 N–H and O–H groups in total. The summed E-state index contributed by atoms with van der Waals surface area (Å²) in [7, 11) is 0. The Labute approximate surface area is 118 Å². The monoisotopic (exact) mass is 274 g/mol. The first-order valence-corrected chi connectivity index (χ1v) is 6.56. The maximum atomic E-state index is 13.1. The fourth-order valence-corrected chi connectivity index (χ4v) is 2.21. The van der Waals surface area contributed by atoms with Gasteiger partial charge in [0.2, 0.25) is 0 Å². The Morgan fingerprint density at radius 1 is 1.10 bits per heavy atom. The molecule has 0 aliphatic carbocycles. The van der Waals surface area contributed by atoms with Crippen molar-refractivity contribution in [3.63, 3.8) is 0 Å². The third-order valence-corrected chi connectivity index (χ3v) is 3.62. The van der Waals surface area contributed by atoms with Crippen molar-refractivity contribution in [3.8, 4) is 0 Å². The molecule has 2 aromatic rings. The average molecular weight is 274 g/mol. The van der Waals surface area contributed by atoms with Crippen molar-refractivity contribution in [2.24, 2.45) is 5.41 Å². The summed E-state index contributed by atoms with van der Waals surface area (Å²) in [6.45, 7) is 5.85. The summed E-state index contributed by atoms with van der Waals surface area (Å²) < 4.78 is 13.1. The van der Waals surface area contributed by atoms with Crippen molar-refractivity contribution in [2.45, 2.75) is 32.8 Å². The van der Waals surface area contributed by atoms with Gasteiger partial charge in [0.1, 0.15) is 5.82 Å². The van der Waals surface area contributed by atoms with E-state index in [1.165, 1.54) is 12.1 Å². The average Bonchev–Trinajstić information content (AvgIpc) is 2.39. The summed E-state index contributed by atoms with van der Waals surface area (Å²) in [6, 6.07) is 5.97. The Hall–Kier alpha value is -1.81. The van der Waals surface area contributed by atoms with Crippen LogP contribution in [-0.2, 0) is 12.0 Å². The lowest BCUT2D eigenvalue weighted by Gasteiger charge is -2.40. The summed E-state index contributed by atoms with van der Waals surface area (Å²) in [4.78, 5) is 8.25. The maximum Gasteiger partial charge on any atom is 0.123 e. The zero-order valence-electron chi connectivity index (χ0n) is 12.0. The fourth-order valence-electron chi connectivity index (χ4n) is 2.21. The molecule has 0 amide bonds. The van der Waals surface area contributed by atoms with Gasteiger partial charge in [-0.3, -0.25) is 9.97 Å². The molecular weight excluding hydrogens is 255 g/mol. The minimum atomic E-state index is -1.14. The quantitative estimate of drug-likeness (QED) is 0.935. The van der Waals surface area contributed by atoms with Gasteiger partial charge in [-0.05, 0) is 23.1 Å². The molecule has 106 valence electrons. The summed E-state index contributed by atoms with van der Waals surface area (Å²) in [5, 5.41) is 11.2. The zero-order chi connectivity index (χ0) is 14.8. The molecule has 0 fully saturated rings.